The third-order valence-corrected chi connectivity index (χ3v) is 7.11. The molecular formula is C26H31FN2O3. The number of nitrogens with zero attached hydrogens (tertiary/aromatic N) is 2. The minimum Gasteiger partial charge on any atom is -0.485 e. The van der Waals surface area contributed by atoms with Crippen molar-refractivity contribution in [3.63, 3.8) is 0 Å². The van der Waals surface area contributed by atoms with Crippen LogP contribution in [0.5, 0.6) is 5.75 Å². The molecule has 0 radical (unpaired) electrons. The maximum absolute atomic E-state index is 13.9. The molecular weight excluding hydrogens is 407 g/mol. The largest absolute Gasteiger partial charge is 0.485 e. The Balaban J connectivity index is 1.19. The molecule has 2 aromatic rings. The first-order valence-corrected chi connectivity index (χ1v) is 11.8. The number of para-hydroxylation sites is 1. The van der Waals surface area contributed by atoms with Crippen LogP contribution in [-0.4, -0.2) is 60.2 Å². The monoisotopic (exact) mass is 438 g/mol. The third kappa shape index (κ3) is 4.52. The highest BCUT2D eigenvalue weighted by molar-refractivity contribution is 5.95. The maximum Gasteiger partial charge on any atom is 0.254 e. The van der Waals surface area contributed by atoms with Gasteiger partial charge in [-0.2, -0.15) is 0 Å². The van der Waals surface area contributed by atoms with Crippen molar-refractivity contribution in [2.45, 2.75) is 50.4 Å². The summed E-state index contributed by atoms with van der Waals surface area (Å²) < 4.78 is 26.0. The average Bonchev–Trinajstić information content (AvgIpc) is 3.46. The van der Waals surface area contributed by atoms with Gasteiger partial charge < -0.3 is 14.4 Å². The van der Waals surface area contributed by atoms with Gasteiger partial charge in [0.1, 0.15) is 6.10 Å². The fourth-order valence-corrected chi connectivity index (χ4v) is 5.28. The number of carbonyl (C=O) groups is 1. The van der Waals surface area contributed by atoms with Crippen LogP contribution in [0.4, 0.5) is 4.39 Å². The summed E-state index contributed by atoms with van der Waals surface area (Å²) in [5.41, 5.74) is 1.67. The van der Waals surface area contributed by atoms with E-state index in [0.717, 1.165) is 50.0 Å². The molecule has 1 amide bonds. The summed E-state index contributed by atoms with van der Waals surface area (Å²) in [7, 11) is 0. The zero-order valence-electron chi connectivity index (χ0n) is 18.5. The quantitative estimate of drug-likeness (QED) is 0.700. The highest BCUT2D eigenvalue weighted by Gasteiger charge is 2.44. The smallest absolute Gasteiger partial charge is 0.254 e. The molecule has 3 saturated heterocycles. The van der Waals surface area contributed by atoms with Crippen molar-refractivity contribution >= 4 is 5.91 Å². The number of amides is 1. The topological polar surface area (TPSA) is 42.0 Å². The van der Waals surface area contributed by atoms with Crippen molar-refractivity contribution in [1.82, 2.24) is 9.80 Å². The third-order valence-electron chi connectivity index (χ3n) is 7.11. The molecule has 3 aliphatic heterocycles. The van der Waals surface area contributed by atoms with Gasteiger partial charge in [-0.1, -0.05) is 30.3 Å². The lowest BCUT2D eigenvalue weighted by Crippen LogP contribution is -2.47. The van der Waals surface area contributed by atoms with Gasteiger partial charge in [-0.15, -0.1) is 0 Å². The number of hydrogen-bond donors (Lipinski definition) is 0. The van der Waals surface area contributed by atoms with E-state index in [1.54, 1.807) is 18.2 Å². The molecule has 170 valence electrons. The standard InChI is InChI=1S/C26H31FN2O3/c27-23-9-3-4-10-24(23)32-21-17-26(31-19-21)11-15-29(16-12-26)25(30)22-8-2-1-7-20(22)18-28-13-5-6-14-28/h1-4,7-10,21H,5-6,11-19H2. The van der Waals surface area contributed by atoms with Gasteiger partial charge in [-0.3, -0.25) is 9.69 Å². The second kappa shape index (κ2) is 9.20. The number of hydrogen-bond acceptors (Lipinski definition) is 4. The Bertz CT molecular complexity index is 952. The fourth-order valence-electron chi connectivity index (χ4n) is 5.28. The fraction of sp³-hybridized carbons (Fsp3) is 0.500. The van der Waals surface area contributed by atoms with E-state index in [1.165, 1.54) is 18.9 Å². The first-order valence-electron chi connectivity index (χ1n) is 11.8. The second-order valence-electron chi connectivity index (χ2n) is 9.30. The highest BCUT2D eigenvalue weighted by atomic mass is 19.1. The van der Waals surface area contributed by atoms with Crippen molar-refractivity contribution in [2.24, 2.45) is 0 Å². The van der Waals surface area contributed by atoms with Crippen LogP contribution in [0.25, 0.3) is 0 Å². The molecule has 32 heavy (non-hydrogen) atoms. The lowest BCUT2D eigenvalue weighted by molar-refractivity contribution is -0.0396. The molecule has 3 fully saturated rings. The van der Waals surface area contributed by atoms with E-state index in [2.05, 4.69) is 11.0 Å². The van der Waals surface area contributed by atoms with Gasteiger partial charge >= 0.3 is 0 Å². The molecule has 1 unspecified atom stereocenters. The summed E-state index contributed by atoms with van der Waals surface area (Å²) in [6, 6.07) is 14.5. The first kappa shape index (κ1) is 21.4. The molecule has 1 atom stereocenters. The van der Waals surface area contributed by atoms with Gasteiger partial charge in [0.2, 0.25) is 0 Å². The number of carbonyl (C=O) groups excluding carboxylic acids is 1. The molecule has 0 bridgehead atoms. The Kier molecular flexibility index (Phi) is 6.15. The lowest BCUT2D eigenvalue weighted by Gasteiger charge is -2.38. The first-order chi connectivity index (χ1) is 15.6. The van der Waals surface area contributed by atoms with Crippen molar-refractivity contribution in [3.05, 3.63) is 65.5 Å². The van der Waals surface area contributed by atoms with Gasteiger partial charge in [0.15, 0.2) is 11.6 Å². The van der Waals surface area contributed by atoms with Crippen LogP contribution in [0.3, 0.4) is 0 Å². The summed E-state index contributed by atoms with van der Waals surface area (Å²) in [6.45, 7) is 4.87. The molecule has 2 aromatic carbocycles. The molecule has 0 saturated carbocycles. The zero-order valence-corrected chi connectivity index (χ0v) is 18.5. The van der Waals surface area contributed by atoms with Crippen LogP contribution in [0.1, 0.15) is 48.0 Å². The molecule has 3 heterocycles. The Hall–Kier alpha value is -2.44. The Morgan fingerprint density at radius 1 is 1.03 bits per heavy atom. The average molecular weight is 439 g/mol. The molecule has 0 aliphatic carbocycles. The normalized spacial score (nSPS) is 23.0. The van der Waals surface area contributed by atoms with Gasteiger partial charge in [-0.25, -0.2) is 4.39 Å². The predicted octanol–water partition coefficient (Wildman–Crippen LogP) is 4.26. The van der Waals surface area contributed by atoms with Crippen LogP contribution in [0.2, 0.25) is 0 Å². The summed E-state index contributed by atoms with van der Waals surface area (Å²) in [6.07, 6.45) is 4.62. The van der Waals surface area contributed by atoms with E-state index >= 15 is 0 Å². The van der Waals surface area contributed by atoms with Crippen LogP contribution in [0, 0.1) is 5.82 Å². The highest BCUT2D eigenvalue weighted by Crippen LogP contribution is 2.38. The van der Waals surface area contributed by atoms with Crippen molar-refractivity contribution < 1.29 is 18.7 Å². The van der Waals surface area contributed by atoms with Gasteiger partial charge in [0.25, 0.3) is 5.91 Å². The van der Waals surface area contributed by atoms with Gasteiger partial charge in [0, 0.05) is 31.6 Å². The van der Waals surface area contributed by atoms with Crippen LogP contribution < -0.4 is 4.74 Å². The number of ether oxygens (including phenoxy) is 2. The lowest BCUT2D eigenvalue weighted by atomic mass is 9.87. The summed E-state index contributed by atoms with van der Waals surface area (Å²) in [5.74, 6) is 0.0497. The van der Waals surface area contributed by atoms with Gasteiger partial charge in [0.05, 0.1) is 12.2 Å². The number of likely N-dealkylation sites (tertiary alicyclic amines) is 2. The minimum absolute atomic E-state index is 0.117. The Morgan fingerprint density at radius 2 is 1.75 bits per heavy atom. The number of halogens is 1. The predicted molar refractivity (Wildman–Crippen MR) is 120 cm³/mol. The van der Waals surface area contributed by atoms with Crippen LogP contribution >= 0.6 is 0 Å². The second-order valence-corrected chi connectivity index (χ2v) is 9.30. The Labute approximate surface area is 189 Å². The number of benzene rings is 2. The Morgan fingerprint density at radius 3 is 2.53 bits per heavy atom. The van der Waals surface area contributed by atoms with Crippen molar-refractivity contribution in [2.75, 3.05) is 32.8 Å². The summed E-state index contributed by atoms with van der Waals surface area (Å²) >= 11 is 0. The van der Waals surface area contributed by atoms with Gasteiger partial charge in [-0.05, 0) is 62.5 Å². The van der Waals surface area contributed by atoms with E-state index in [0.29, 0.717) is 19.7 Å². The van der Waals surface area contributed by atoms with E-state index < -0.39 is 0 Å². The molecule has 3 aliphatic rings. The van der Waals surface area contributed by atoms with E-state index in [1.807, 2.05) is 23.1 Å². The van der Waals surface area contributed by atoms with Crippen molar-refractivity contribution in [3.8, 4) is 5.75 Å². The number of rotatable bonds is 5. The number of piperidine rings is 1. The molecule has 0 aromatic heterocycles. The SMILES string of the molecule is O=C(c1ccccc1CN1CCCC1)N1CCC2(CC1)CC(Oc1ccccc1F)CO2. The minimum atomic E-state index is -0.346. The van der Waals surface area contributed by atoms with E-state index in [9.17, 15) is 9.18 Å². The van der Waals surface area contributed by atoms with Crippen LogP contribution in [-0.2, 0) is 11.3 Å². The van der Waals surface area contributed by atoms with E-state index in [-0.39, 0.29) is 29.2 Å². The molecule has 1 spiro atoms. The summed E-state index contributed by atoms with van der Waals surface area (Å²) in [5, 5.41) is 0. The zero-order chi connectivity index (χ0) is 22.0. The summed E-state index contributed by atoms with van der Waals surface area (Å²) in [4.78, 5) is 17.7. The van der Waals surface area contributed by atoms with Crippen molar-refractivity contribution in [1.29, 1.82) is 0 Å². The maximum atomic E-state index is 13.9. The van der Waals surface area contributed by atoms with Crippen LogP contribution in [0.15, 0.2) is 48.5 Å². The molecule has 5 rings (SSSR count). The molecule has 0 N–H and O–H groups in total. The molecule has 5 nitrogen and oxygen atoms in total. The molecule has 6 heteroatoms. The van der Waals surface area contributed by atoms with E-state index in [4.69, 9.17) is 9.47 Å².